The van der Waals surface area contributed by atoms with Gasteiger partial charge in [0.05, 0.1) is 11.5 Å². The van der Waals surface area contributed by atoms with E-state index in [1.165, 1.54) is 16.7 Å². The molecule has 1 aliphatic rings. The molecule has 100 valence electrons. The van der Waals surface area contributed by atoms with Gasteiger partial charge >= 0.3 is 0 Å². The molecule has 2 unspecified atom stereocenters. The molecule has 4 heteroatoms. The highest BCUT2D eigenvalue weighted by Gasteiger charge is 2.32. The van der Waals surface area contributed by atoms with Crippen LogP contribution < -0.4 is 0 Å². The zero-order valence-electron chi connectivity index (χ0n) is 10.8. The van der Waals surface area contributed by atoms with Crippen LogP contribution in [0.2, 0.25) is 0 Å². The first-order valence-electron chi connectivity index (χ1n) is 6.28. The third-order valence-corrected chi connectivity index (χ3v) is 6.09. The molecule has 18 heavy (non-hydrogen) atoms. The zero-order chi connectivity index (χ0) is 13.3. The smallest absolute Gasteiger partial charge is 0.150 e. The van der Waals surface area contributed by atoms with E-state index < -0.39 is 9.84 Å². The molecule has 1 aromatic carbocycles. The number of rotatable bonds is 3. The second-order valence-electron chi connectivity index (χ2n) is 5.30. The molecule has 0 saturated carbocycles. The average Bonchev–Trinajstić information content (AvgIpc) is 2.64. The molecular formula is C14H19ClO2S. The van der Waals surface area contributed by atoms with Gasteiger partial charge in [0.2, 0.25) is 0 Å². The van der Waals surface area contributed by atoms with Gasteiger partial charge in [-0.15, -0.1) is 11.6 Å². The van der Waals surface area contributed by atoms with Crippen LogP contribution in [-0.4, -0.2) is 25.3 Å². The van der Waals surface area contributed by atoms with Gasteiger partial charge in [0.15, 0.2) is 9.84 Å². The fraction of sp³-hybridized carbons (Fsp3) is 0.571. The van der Waals surface area contributed by atoms with Gasteiger partial charge in [0.1, 0.15) is 0 Å². The molecule has 1 aliphatic heterocycles. The maximum atomic E-state index is 11.4. The van der Waals surface area contributed by atoms with Crippen LogP contribution in [0.4, 0.5) is 0 Å². The van der Waals surface area contributed by atoms with Crippen LogP contribution in [0.25, 0.3) is 0 Å². The van der Waals surface area contributed by atoms with E-state index in [-0.39, 0.29) is 17.0 Å². The topological polar surface area (TPSA) is 34.1 Å². The van der Waals surface area contributed by atoms with Crippen molar-refractivity contribution in [3.8, 4) is 0 Å². The normalized spacial score (nSPS) is 24.1. The Balaban J connectivity index is 2.03. The van der Waals surface area contributed by atoms with E-state index in [1.54, 1.807) is 0 Å². The summed E-state index contributed by atoms with van der Waals surface area (Å²) in [6, 6.07) is 6.33. The summed E-state index contributed by atoms with van der Waals surface area (Å²) >= 11 is 6.38. The SMILES string of the molecule is Cc1ccc(CC(Cl)C2CCS(=O)(=O)C2)cc1C. The van der Waals surface area contributed by atoms with Crippen molar-refractivity contribution < 1.29 is 8.42 Å². The summed E-state index contributed by atoms with van der Waals surface area (Å²) in [6.45, 7) is 4.17. The lowest BCUT2D eigenvalue weighted by Gasteiger charge is -2.16. The second kappa shape index (κ2) is 5.22. The van der Waals surface area contributed by atoms with E-state index in [0.29, 0.717) is 12.2 Å². The predicted molar refractivity (Wildman–Crippen MR) is 76.0 cm³/mol. The highest BCUT2D eigenvalue weighted by molar-refractivity contribution is 7.91. The van der Waals surface area contributed by atoms with Crippen molar-refractivity contribution >= 4 is 21.4 Å². The van der Waals surface area contributed by atoms with Crippen LogP contribution in [0.3, 0.4) is 0 Å². The van der Waals surface area contributed by atoms with Crippen LogP contribution in [0.1, 0.15) is 23.1 Å². The number of halogens is 1. The first-order chi connectivity index (χ1) is 8.37. The molecule has 0 N–H and O–H groups in total. The molecule has 0 radical (unpaired) electrons. The van der Waals surface area contributed by atoms with E-state index in [9.17, 15) is 8.42 Å². The van der Waals surface area contributed by atoms with E-state index >= 15 is 0 Å². The molecule has 0 bridgehead atoms. The average molecular weight is 287 g/mol. The Labute approximate surface area is 114 Å². The quantitative estimate of drug-likeness (QED) is 0.801. The van der Waals surface area contributed by atoms with Gasteiger partial charge in [0.25, 0.3) is 0 Å². The molecule has 0 aliphatic carbocycles. The van der Waals surface area contributed by atoms with Gasteiger partial charge in [-0.05, 0) is 49.3 Å². The highest BCUT2D eigenvalue weighted by atomic mass is 35.5. The number of alkyl halides is 1. The van der Waals surface area contributed by atoms with Crippen molar-refractivity contribution in [3.63, 3.8) is 0 Å². The minimum Gasteiger partial charge on any atom is -0.229 e. The summed E-state index contributed by atoms with van der Waals surface area (Å²) in [5, 5.41) is -0.0793. The molecule has 0 amide bonds. The number of hydrogen-bond donors (Lipinski definition) is 0. The molecular weight excluding hydrogens is 268 g/mol. The molecule has 2 rings (SSSR count). The molecule has 2 atom stereocenters. The Bertz CT molecular complexity index is 537. The monoisotopic (exact) mass is 286 g/mol. The first kappa shape index (κ1) is 13.9. The van der Waals surface area contributed by atoms with Crippen molar-refractivity contribution in [2.75, 3.05) is 11.5 Å². The third kappa shape index (κ3) is 3.27. The molecule has 0 spiro atoms. The minimum atomic E-state index is -2.83. The first-order valence-corrected chi connectivity index (χ1v) is 8.54. The third-order valence-electron chi connectivity index (χ3n) is 3.78. The maximum Gasteiger partial charge on any atom is 0.150 e. The van der Waals surface area contributed by atoms with Gasteiger partial charge in [0, 0.05) is 5.38 Å². The van der Waals surface area contributed by atoms with Crippen LogP contribution in [0, 0.1) is 19.8 Å². The summed E-state index contributed by atoms with van der Waals surface area (Å²) in [5.74, 6) is 0.665. The molecule has 1 heterocycles. The Hall–Kier alpha value is -0.540. The maximum absolute atomic E-state index is 11.4. The van der Waals surface area contributed by atoms with E-state index in [0.717, 1.165) is 6.42 Å². The van der Waals surface area contributed by atoms with Gasteiger partial charge in [-0.3, -0.25) is 0 Å². The highest BCUT2D eigenvalue weighted by Crippen LogP contribution is 2.27. The van der Waals surface area contributed by atoms with Crippen molar-refractivity contribution in [1.82, 2.24) is 0 Å². The Morgan fingerprint density at radius 1 is 1.33 bits per heavy atom. The van der Waals surface area contributed by atoms with Gasteiger partial charge < -0.3 is 0 Å². The van der Waals surface area contributed by atoms with Crippen molar-refractivity contribution in [1.29, 1.82) is 0 Å². The van der Waals surface area contributed by atoms with Crippen molar-refractivity contribution in [2.45, 2.75) is 32.1 Å². The van der Waals surface area contributed by atoms with Gasteiger partial charge in [-0.25, -0.2) is 8.42 Å². The molecule has 2 nitrogen and oxygen atoms in total. The standard InChI is InChI=1S/C14H19ClO2S/c1-10-3-4-12(7-11(10)2)8-14(15)13-5-6-18(16,17)9-13/h3-4,7,13-14H,5-6,8-9H2,1-2H3. The summed E-state index contributed by atoms with van der Waals surface area (Å²) in [6.07, 6.45) is 1.46. The van der Waals surface area contributed by atoms with Gasteiger partial charge in [-0.2, -0.15) is 0 Å². The predicted octanol–water partition coefficient (Wildman–Crippen LogP) is 2.89. The van der Waals surface area contributed by atoms with E-state index in [2.05, 4.69) is 32.0 Å². The van der Waals surface area contributed by atoms with Gasteiger partial charge in [-0.1, -0.05) is 18.2 Å². The second-order valence-corrected chi connectivity index (χ2v) is 8.09. The summed E-state index contributed by atoms with van der Waals surface area (Å²) in [5.41, 5.74) is 3.73. The largest absolute Gasteiger partial charge is 0.229 e. The summed E-state index contributed by atoms with van der Waals surface area (Å²) in [7, 11) is -2.83. The number of hydrogen-bond acceptors (Lipinski definition) is 2. The van der Waals surface area contributed by atoms with E-state index in [4.69, 9.17) is 11.6 Å². The molecule has 1 saturated heterocycles. The molecule has 1 fully saturated rings. The lowest BCUT2D eigenvalue weighted by molar-refractivity contribution is 0.550. The van der Waals surface area contributed by atoms with Crippen LogP contribution in [-0.2, 0) is 16.3 Å². The lowest BCUT2D eigenvalue weighted by Crippen LogP contribution is -2.18. The molecule has 0 aromatic heterocycles. The lowest BCUT2D eigenvalue weighted by atomic mass is 9.96. The summed E-state index contributed by atoms with van der Waals surface area (Å²) < 4.78 is 22.9. The van der Waals surface area contributed by atoms with Crippen molar-refractivity contribution in [2.24, 2.45) is 5.92 Å². The van der Waals surface area contributed by atoms with Crippen LogP contribution in [0.5, 0.6) is 0 Å². The molecule has 1 aromatic rings. The van der Waals surface area contributed by atoms with E-state index in [1.807, 2.05) is 0 Å². The Kier molecular flexibility index (Phi) is 4.02. The zero-order valence-corrected chi connectivity index (χ0v) is 12.4. The fourth-order valence-corrected chi connectivity index (χ4v) is 4.81. The number of sulfone groups is 1. The van der Waals surface area contributed by atoms with Crippen molar-refractivity contribution in [3.05, 3.63) is 34.9 Å². The minimum absolute atomic E-state index is 0.0793. The Morgan fingerprint density at radius 3 is 2.61 bits per heavy atom. The number of aryl methyl sites for hydroxylation is 2. The summed E-state index contributed by atoms with van der Waals surface area (Å²) in [4.78, 5) is 0. The number of benzene rings is 1. The Morgan fingerprint density at radius 2 is 2.06 bits per heavy atom. The fourth-order valence-electron chi connectivity index (χ4n) is 2.43. The van der Waals surface area contributed by atoms with Crippen LogP contribution in [0.15, 0.2) is 18.2 Å². The van der Waals surface area contributed by atoms with Crippen LogP contribution >= 0.6 is 11.6 Å².